The Kier molecular flexibility index (Phi) is 7.99. The number of ether oxygens (including phenoxy) is 1. The van der Waals surface area contributed by atoms with E-state index in [0.717, 1.165) is 23.2 Å². The number of nitrogens with one attached hydrogen (secondary N) is 1. The largest absolute Gasteiger partial charge is 0.573 e. The number of rotatable bonds is 7. The molecule has 1 N–H and O–H groups in total. The highest BCUT2D eigenvalue weighted by atomic mass is 19.4. The van der Waals surface area contributed by atoms with E-state index in [2.05, 4.69) is 20.0 Å². The minimum Gasteiger partial charge on any atom is -0.406 e. The first-order valence-electron chi connectivity index (χ1n) is 11.1. The minimum atomic E-state index is -4.88. The van der Waals surface area contributed by atoms with Crippen molar-refractivity contribution in [2.75, 3.05) is 25.5 Å². The third-order valence-electron chi connectivity index (χ3n) is 5.80. The lowest BCUT2D eigenvalue weighted by Gasteiger charge is -2.40. The van der Waals surface area contributed by atoms with Gasteiger partial charge in [0.15, 0.2) is 0 Å². The first-order valence-corrected chi connectivity index (χ1v) is 11.1. The SMILES string of the molecule is CC(=O)N(C)CC[C@H]1CCC(F)(F)CN1C(=O)c1nc(Nc2cc(OC(F)(F)F)ccn2)ccc1C. The van der Waals surface area contributed by atoms with E-state index in [4.69, 9.17) is 0 Å². The maximum atomic E-state index is 14.3. The van der Waals surface area contributed by atoms with Crippen molar-refractivity contribution >= 4 is 23.5 Å². The molecule has 0 radical (unpaired) electrons. The van der Waals surface area contributed by atoms with E-state index < -0.39 is 36.5 Å². The molecular weight excluding hydrogens is 489 g/mol. The van der Waals surface area contributed by atoms with Gasteiger partial charge in [-0.05, 0) is 37.5 Å². The summed E-state index contributed by atoms with van der Waals surface area (Å²) in [6.45, 7) is 2.51. The summed E-state index contributed by atoms with van der Waals surface area (Å²) in [7, 11) is 1.59. The number of halogens is 5. The molecule has 0 aromatic carbocycles. The molecule has 196 valence electrons. The van der Waals surface area contributed by atoms with Crippen LogP contribution in [0, 0.1) is 6.92 Å². The lowest BCUT2D eigenvalue weighted by molar-refractivity contribution is -0.274. The van der Waals surface area contributed by atoms with Crippen molar-refractivity contribution < 1.29 is 36.3 Å². The quantitative estimate of drug-likeness (QED) is 0.545. The molecule has 0 bridgehead atoms. The Morgan fingerprint density at radius 1 is 1.25 bits per heavy atom. The molecule has 13 heteroatoms. The maximum absolute atomic E-state index is 14.3. The molecule has 0 aliphatic carbocycles. The van der Waals surface area contributed by atoms with E-state index in [0.29, 0.717) is 18.5 Å². The van der Waals surface area contributed by atoms with Crippen molar-refractivity contribution in [3.8, 4) is 5.75 Å². The summed E-state index contributed by atoms with van der Waals surface area (Å²) in [5.41, 5.74) is 0.353. The second-order valence-corrected chi connectivity index (χ2v) is 8.62. The second-order valence-electron chi connectivity index (χ2n) is 8.62. The Labute approximate surface area is 204 Å². The smallest absolute Gasteiger partial charge is 0.406 e. The topological polar surface area (TPSA) is 87.7 Å². The van der Waals surface area contributed by atoms with Gasteiger partial charge in [0.2, 0.25) is 5.91 Å². The number of nitrogens with zero attached hydrogens (tertiary/aromatic N) is 4. The lowest BCUT2D eigenvalue weighted by Crippen LogP contribution is -2.52. The summed E-state index contributed by atoms with van der Waals surface area (Å²) in [6.07, 6.45) is -3.77. The summed E-state index contributed by atoms with van der Waals surface area (Å²) in [4.78, 5) is 35.6. The molecule has 0 spiro atoms. The predicted octanol–water partition coefficient (Wildman–Crippen LogP) is 4.54. The number of likely N-dealkylation sites (tertiary alicyclic amines) is 1. The van der Waals surface area contributed by atoms with Crippen LogP contribution >= 0.6 is 0 Å². The van der Waals surface area contributed by atoms with Crippen LogP contribution in [0.3, 0.4) is 0 Å². The van der Waals surface area contributed by atoms with Crippen molar-refractivity contribution in [1.82, 2.24) is 19.8 Å². The minimum absolute atomic E-state index is 0.0267. The van der Waals surface area contributed by atoms with Crippen LogP contribution in [-0.2, 0) is 4.79 Å². The van der Waals surface area contributed by atoms with Crippen LogP contribution in [0.25, 0.3) is 0 Å². The first kappa shape index (κ1) is 27.1. The van der Waals surface area contributed by atoms with E-state index >= 15 is 0 Å². The van der Waals surface area contributed by atoms with Crippen LogP contribution in [0.2, 0.25) is 0 Å². The van der Waals surface area contributed by atoms with Gasteiger partial charge in [0.05, 0.1) is 6.54 Å². The Balaban J connectivity index is 1.82. The zero-order valence-corrected chi connectivity index (χ0v) is 19.9. The molecule has 36 heavy (non-hydrogen) atoms. The number of carbonyl (C=O) groups excluding carboxylic acids is 2. The van der Waals surface area contributed by atoms with Gasteiger partial charge in [0.25, 0.3) is 11.8 Å². The molecule has 2 amide bonds. The summed E-state index contributed by atoms with van der Waals surface area (Å²) in [6, 6.07) is 4.53. The number of alkyl halides is 5. The Bertz CT molecular complexity index is 1110. The van der Waals surface area contributed by atoms with Gasteiger partial charge in [-0.1, -0.05) is 6.07 Å². The zero-order chi connectivity index (χ0) is 26.7. The monoisotopic (exact) mass is 515 g/mol. The number of anilines is 2. The van der Waals surface area contributed by atoms with Gasteiger partial charge < -0.3 is 19.9 Å². The summed E-state index contributed by atoms with van der Waals surface area (Å²) in [5.74, 6) is -4.39. The van der Waals surface area contributed by atoms with E-state index in [-0.39, 0.29) is 36.1 Å². The second kappa shape index (κ2) is 10.6. The molecule has 2 aromatic heterocycles. The fraction of sp³-hybridized carbons (Fsp3) is 0.478. The van der Waals surface area contributed by atoms with Gasteiger partial charge in [-0.15, -0.1) is 13.2 Å². The molecular formula is C23H26F5N5O3. The van der Waals surface area contributed by atoms with Crippen molar-refractivity contribution in [2.24, 2.45) is 0 Å². The van der Waals surface area contributed by atoms with Gasteiger partial charge in [-0.25, -0.2) is 18.7 Å². The van der Waals surface area contributed by atoms with Gasteiger partial charge >= 0.3 is 6.36 Å². The van der Waals surface area contributed by atoms with E-state index in [1.165, 1.54) is 17.9 Å². The van der Waals surface area contributed by atoms with Crippen molar-refractivity contribution in [3.63, 3.8) is 0 Å². The number of pyridine rings is 2. The number of aryl methyl sites for hydroxylation is 1. The van der Waals surface area contributed by atoms with Crippen LogP contribution in [0.1, 0.15) is 42.2 Å². The van der Waals surface area contributed by atoms with Crippen LogP contribution < -0.4 is 10.1 Å². The first-order chi connectivity index (χ1) is 16.7. The summed E-state index contributed by atoms with van der Waals surface area (Å²) in [5, 5.41) is 2.70. The Morgan fingerprint density at radius 2 is 1.97 bits per heavy atom. The predicted molar refractivity (Wildman–Crippen MR) is 120 cm³/mol. The van der Waals surface area contributed by atoms with Crippen molar-refractivity contribution in [1.29, 1.82) is 0 Å². The highest BCUT2D eigenvalue weighted by molar-refractivity contribution is 5.94. The number of aromatic nitrogens is 2. The third-order valence-corrected chi connectivity index (χ3v) is 5.80. The van der Waals surface area contributed by atoms with Crippen molar-refractivity contribution in [3.05, 3.63) is 41.7 Å². The van der Waals surface area contributed by atoms with Gasteiger partial charge in [0, 0.05) is 45.2 Å². The standard InChI is InChI=1S/C23H26F5N5O3/c1-14-4-5-18(30-19-12-17(7-10-29-19)36-23(26,27)28)31-20(14)21(35)33-13-22(24,25)9-6-16(33)8-11-32(3)15(2)34/h4-5,7,10,12,16H,6,8-9,11,13H2,1-3H3,(H,29,30,31)/t16-/m1/s1. The Hall–Kier alpha value is -3.51. The van der Waals surface area contributed by atoms with Crippen LogP contribution in [0.5, 0.6) is 5.75 Å². The van der Waals surface area contributed by atoms with Gasteiger partial charge in [-0.3, -0.25) is 9.59 Å². The summed E-state index contributed by atoms with van der Waals surface area (Å²) >= 11 is 0. The van der Waals surface area contributed by atoms with E-state index in [9.17, 15) is 31.5 Å². The molecule has 8 nitrogen and oxygen atoms in total. The fourth-order valence-corrected chi connectivity index (χ4v) is 3.79. The number of hydrogen-bond donors (Lipinski definition) is 1. The molecule has 0 saturated carbocycles. The van der Waals surface area contributed by atoms with Crippen LogP contribution in [-0.4, -0.2) is 70.0 Å². The number of hydrogen-bond acceptors (Lipinski definition) is 6. The maximum Gasteiger partial charge on any atom is 0.573 e. The molecule has 1 aliphatic heterocycles. The normalized spacial score (nSPS) is 17.4. The molecule has 1 fully saturated rings. The Morgan fingerprint density at radius 3 is 2.64 bits per heavy atom. The number of piperidine rings is 1. The highest BCUT2D eigenvalue weighted by Gasteiger charge is 2.42. The molecule has 3 heterocycles. The van der Waals surface area contributed by atoms with Gasteiger partial charge in [0.1, 0.15) is 23.1 Å². The van der Waals surface area contributed by atoms with E-state index in [1.807, 2.05) is 0 Å². The van der Waals surface area contributed by atoms with Crippen molar-refractivity contribution in [2.45, 2.75) is 51.4 Å². The number of amides is 2. The van der Waals surface area contributed by atoms with Crippen LogP contribution in [0.15, 0.2) is 30.5 Å². The molecule has 0 unspecified atom stereocenters. The third kappa shape index (κ3) is 7.25. The average molecular weight is 515 g/mol. The zero-order valence-electron chi connectivity index (χ0n) is 19.9. The number of carbonyl (C=O) groups is 2. The van der Waals surface area contributed by atoms with E-state index in [1.54, 1.807) is 20.0 Å². The summed E-state index contributed by atoms with van der Waals surface area (Å²) < 4.78 is 69.9. The van der Waals surface area contributed by atoms with Gasteiger partial charge in [-0.2, -0.15) is 0 Å². The molecule has 2 aromatic rings. The molecule has 1 saturated heterocycles. The molecule has 3 rings (SSSR count). The lowest BCUT2D eigenvalue weighted by atomic mass is 9.95. The van der Waals surface area contributed by atoms with Crippen LogP contribution in [0.4, 0.5) is 33.6 Å². The fourth-order valence-electron chi connectivity index (χ4n) is 3.79. The molecule has 1 aliphatic rings. The average Bonchev–Trinajstić information content (AvgIpc) is 2.77. The highest BCUT2D eigenvalue weighted by Crippen LogP contribution is 2.33. The molecule has 1 atom stereocenters.